The summed E-state index contributed by atoms with van der Waals surface area (Å²) < 4.78 is 10.1. The van der Waals surface area contributed by atoms with Gasteiger partial charge in [0.15, 0.2) is 5.82 Å². The Labute approximate surface area is 108 Å². The maximum absolute atomic E-state index is 5.74. The third-order valence-electron chi connectivity index (χ3n) is 1.83. The Morgan fingerprint density at radius 1 is 1.28 bits per heavy atom. The van der Waals surface area contributed by atoms with E-state index in [0.29, 0.717) is 24.9 Å². The van der Waals surface area contributed by atoms with Crippen molar-refractivity contribution < 1.29 is 9.26 Å². The lowest BCUT2D eigenvalue weighted by molar-refractivity contribution is 0.312. The van der Waals surface area contributed by atoms with Crippen molar-refractivity contribution in [2.75, 3.05) is 11.9 Å². The third-order valence-corrected chi connectivity index (χ3v) is 2.00. The molecule has 0 aliphatic carbocycles. The molecule has 0 unspecified atom stereocenters. The number of halogens is 1. The Hall–Kier alpha value is -1.96. The molecular formula is C9H11ClN6O2. The first kappa shape index (κ1) is 12.5. The van der Waals surface area contributed by atoms with Crippen LogP contribution in [-0.4, -0.2) is 31.7 Å². The largest absolute Gasteiger partial charge is 0.464 e. The number of aryl methyl sites for hydroxylation is 1. The average molecular weight is 271 g/mol. The summed E-state index contributed by atoms with van der Waals surface area (Å²) in [6, 6.07) is 0.168. The molecular weight excluding hydrogens is 260 g/mol. The Kier molecular flexibility index (Phi) is 3.88. The van der Waals surface area contributed by atoms with Crippen molar-refractivity contribution in [3.63, 3.8) is 0 Å². The highest BCUT2D eigenvalue weighted by atomic mass is 35.5. The van der Waals surface area contributed by atoms with Gasteiger partial charge >= 0.3 is 6.01 Å². The molecule has 0 bridgehead atoms. The van der Waals surface area contributed by atoms with Gasteiger partial charge in [0.1, 0.15) is 0 Å². The van der Waals surface area contributed by atoms with Crippen LogP contribution in [0.15, 0.2) is 4.52 Å². The van der Waals surface area contributed by atoms with Crippen LogP contribution in [0.4, 0.5) is 5.95 Å². The van der Waals surface area contributed by atoms with E-state index in [2.05, 4.69) is 30.4 Å². The minimum atomic E-state index is 0.0534. The summed E-state index contributed by atoms with van der Waals surface area (Å²) in [6.07, 6.45) is 0. The van der Waals surface area contributed by atoms with Crippen LogP contribution >= 0.6 is 11.6 Å². The number of rotatable bonds is 5. The Morgan fingerprint density at radius 3 is 2.78 bits per heavy atom. The lowest BCUT2D eigenvalue weighted by Gasteiger charge is -2.04. The van der Waals surface area contributed by atoms with E-state index in [1.807, 2.05) is 6.92 Å². The minimum absolute atomic E-state index is 0.0534. The van der Waals surface area contributed by atoms with E-state index < -0.39 is 0 Å². The highest BCUT2D eigenvalue weighted by molar-refractivity contribution is 6.28. The second-order valence-corrected chi connectivity index (χ2v) is 3.57. The van der Waals surface area contributed by atoms with Gasteiger partial charge in [0.05, 0.1) is 13.2 Å². The van der Waals surface area contributed by atoms with Crippen molar-refractivity contribution in [1.82, 2.24) is 25.1 Å². The van der Waals surface area contributed by atoms with Crippen LogP contribution in [0.1, 0.15) is 18.6 Å². The molecule has 0 amide bonds. The van der Waals surface area contributed by atoms with Crippen LogP contribution in [0.5, 0.6) is 6.01 Å². The summed E-state index contributed by atoms with van der Waals surface area (Å²) in [5.41, 5.74) is 0. The lowest BCUT2D eigenvalue weighted by Crippen LogP contribution is -2.07. The fraction of sp³-hybridized carbons (Fsp3) is 0.444. The number of hydrogen-bond donors (Lipinski definition) is 1. The Morgan fingerprint density at radius 2 is 2.11 bits per heavy atom. The Balaban J connectivity index is 2.04. The van der Waals surface area contributed by atoms with Gasteiger partial charge in [0.25, 0.3) is 0 Å². The smallest absolute Gasteiger partial charge is 0.322 e. The number of ether oxygens (including phenoxy) is 1. The van der Waals surface area contributed by atoms with Gasteiger partial charge in [0, 0.05) is 0 Å². The fourth-order valence-corrected chi connectivity index (χ4v) is 1.32. The molecule has 0 spiro atoms. The molecule has 2 aromatic heterocycles. The molecule has 0 aromatic carbocycles. The highest BCUT2D eigenvalue weighted by Crippen LogP contribution is 2.11. The second-order valence-electron chi connectivity index (χ2n) is 3.23. The zero-order valence-electron chi connectivity index (χ0n) is 9.84. The molecule has 2 aromatic rings. The number of nitrogens with zero attached hydrogens (tertiary/aromatic N) is 5. The Bertz CT molecular complexity index is 532. The maximum atomic E-state index is 5.74. The SMILES string of the molecule is CCOc1nc(Cl)nc(NCc2nc(C)no2)n1. The average Bonchev–Trinajstić information content (AvgIpc) is 2.72. The van der Waals surface area contributed by atoms with E-state index in [0.717, 1.165) is 0 Å². The van der Waals surface area contributed by atoms with E-state index in [4.69, 9.17) is 20.9 Å². The quantitative estimate of drug-likeness (QED) is 0.866. The third kappa shape index (κ3) is 3.27. The predicted molar refractivity (Wildman–Crippen MR) is 62.4 cm³/mol. The van der Waals surface area contributed by atoms with Gasteiger partial charge in [0.2, 0.25) is 17.1 Å². The monoisotopic (exact) mass is 270 g/mol. The molecule has 0 radical (unpaired) electrons. The fourth-order valence-electron chi connectivity index (χ4n) is 1.17. The van der Waals surface area contributed by atoms with Crippen molar-refractivity contribution >= 4 is 17.5 Å². The molecule has 9 heteroatoms. The van der Waals surface area contributed by atoms with Gasteiger partial charge < -0.3 is 14.6 Å². The number of nitrogens with one attached hydrogen (secondary N) is 1. The lowest BCUT2D eigenvalue weighted by atomic mass is 10.6. The molecule has 0 fully saturated rings. The normalized spacial score (nSPS) is 10.4. The molecule has 96 valence electrons. The van der Waals surface area contributed by atoms with Crippen molar-refractivity contribution in [3.05, 3.63) is 17.0 Å². The number of hydrogen-bond acceptors (Lipinski definition) is 8. The minimum Gasteiger partial charge on any atom is -0.464 e. The van der Waals surface area contributed by atoms with E-state index >= 15 is 0 Å². The van der Waals surface area contributed by atoms with Crippen LogP contribution in [0, 0.1) is 6.92 Å². The topological polar surface area (TPSA) is 98.9 Å². The molecule has 2 heterocycles. The molecule has 0 saturated heterocycles. The van der Waals surface area contributed by atoms with Gasteiger partial charge in [-0.2, -0.15) is 19.9 Å². The molecule has 0 aliphatic rings. The molecule has 0 saturated carbocycles. The molecule has 18 heavy (non-hydrogen) atoms. The van der Waals surface area contributed by atoms with Gasteiger partial charge in [-0.05, 0) is 25.4 Å². The van der Waals surface area contributed by atoms with Crippen LogP contribution in [-0.2, 0) is 6.54 Å². The van der Waals surface area contributed by atoms with Crippen LogP contribution in [0.25, 0.3) is 0 Å². The van der Waals surface area contributed by atoms with E-state index in [1.165, 1.54) is 0 Å². The van der Waals surface area contributed by atoms with Crippen molar-refractivity contribution in [2.45, 2.75) is 20.4 Å². The van der Waals surface area contributed by atoms with Crippen molar-refractivity contribution in [2.24, 2.45) is 0 Å². The maximum Gasteiger partial charge on any atom is 0.322 e. The second kappa shape index (κ2) is 5.58. The standard InChI is InChI=1S/C9H11ClN6O2/c1-3-17-9-14-7(10)13-8(15-9)11-4-6-12-5(2)16-18-6/h3-4H2,1-2H3,(H,11,13,14,15). The first-order valence-corrected chi connectivity index (χ1v) is 5.62. The first-order valence-electron chi connectivity index (χ1n) is 5.25. The zero-order valence-corrected chi connectivity index (χ0v) is 10.6. The van der Waals surface area contributed by atoms with Gasteiger partial charge in [-0.15, -0.1) is 0 Å². The summed E-state index contributed by atoms with van der Waals surface area (Å²) in [7, 11) is 0. The summed E-state index contributed by atoms with van der Waals surface area (Å²) >= 11 is 5.74. The van der Waals surface area contributed by atoms with Crippen LogP contribution in [0.2, 0.25) is 5.28 Å². The van der Waals surface area contributed by atoms with Crippen molar-refractivity contribution in [1.29, 1.82) is 0 Å². The summed E-state index contributed by atoms with van der Waals surface area (Å²) in [5.74, 6) is 1.28. The van der Waals surface area contributed by atoms with Gasteiger partial charge in [-0.3, -0.25) is 0 Å². The predicted octanol–water partition coefficient (Wildman–Crippen LogP) is 1.23. The highest BCUT2D eigenvalue weighted by Gasteiger charge is 2.07. The summed E-state index contributed by atoms with van der Waals surface area (Å²) in [5, 5.41) is 6.61. The summed E-state index contributed by atoms with van der Waals surface area (Å²) in [6.45, 7) is 4.31. The molecule has 1 N–H and O–H groups in total. The van der Waals surface area contributed by atoms with E-state index in [1.54, 1.807) is 6.92 Å². The van der Waals surface area contributed by atoms with Gasteiger partial charge in [-0.25, -0.2) is 0 Å². The molecule has 8 nitrogen and oxygen atoms in total. The summed E-state index contributed by atoms with van der Waals surface area (Å²) in [4.78, 5) is 15.8. The zero-order chi connectivity index (χ0) is 13.0. The number of aromatic nitrogens is 5. The van der Waals surface area contributed by atoms with Gasteiger partial charge in [-0.1, -0.05) is 5.16 Å². The van der Waals surface area contributed by atoms with E-state index in [9.17, 15) is 0 Å². The molecule has 2 rings (SSSR count). The molecule has 0 atom stereocenters. The van der Waals surface area contributed by atoms with Crippen molar-refractivity contribution in [3.8, 4) is 6.01 Å². The van der Waals surface area contributed by atoms with Crippen LogP contribution in [0.3, 0.4) is 0 Å². The first-order chi connectivity index (χ1) is 8.67. The molecule has 0 aliphatic heterocycles. The van der Waals surface area contributed by atoms with Crippen LogP contribution < -0.4 is 10.1 Å². The number of anilines is 1. The van der Waals surface area contributed by atoms with E-state index in [-0.39, 0.29) is 17.2 Å².